The fourth-order valence-corrected chi connectivity index (χ4v) is 2.69. The van der Waals surface area contributed by atoms with E-state index in [4.69, 9.17) is 0 Å². The highest BCUT2D eigenvalue weighted by molar-refractivity contribution is 5.40. The van der Waals surface area contributed by atoms with Gasteiger partial charge in [-0.05, 0) is 48.6 Å². The molecule has 0 bridgehead atoms. The van der Waals surface area contributed by atoms with Crippen LogP contribution in [0.5, 0.6) is 0 Å². The number of hydrogen-bond donors (Lipinski definition) is 1. The van der Waals surface area contributed by atoms with Crippen LogP contribution in [0, 0.1) is 20.8 Å². The summed E-state index contributed by atoms with van der Waals surface area (Å²) in [4.78, 5) is 0. The highest BCUT2D eigenvalue weighted by atomic mass is 16.3. The smallest absolute Gasteiger partial charge is 0.0883 e. The van der Waals surface area contributed by atoms with Gasteiger partial charge in [-0.2, -0.15) is 0 Å². The van der Waals surface area contributed by atoms with E-state index in [1.165, 1.54) is 11.1 Å². The molecule has 0 amide bonds. The van der Waals surface area contributed by atoms with Gasteiger partial charge in [0.2, 0.25) is 0 Å². The van der Waals surface area contributed by atoms with Crippen molar-refractivity contribution >= 4 is 0 Å². The van der Waals surface area contributed by atoms with Crippen molar-refractivity contribution in [2.24, 2.45) is 0 Å². The quantitative estimate of drug-likeness (QED) is 0.861. The zero-order valence-electron chi connectivity index (χ0n) is 13.1. The number of aryl methyl sites for hydroxylation is 3. The molecule has 2 aromatic rings. The average molecular weight is 268 g/mol. The van der Waals surface area contributed by atoms with Crippen molar-refractivity contribution in [3.8, 4) is 0 Å². The zero-order valence-corrected chi connectivity index (χ0v) is 13.1. The maximum absolute atomic E-state index is 10.9. The average Bonchev–Trinajstić information content (AvgIpc) is 2.43. The summed E-state index contributed by atoms with van der Waals surface area (Å²) in [7, 11) is 0. The Bertz CT molecular complexity index is 597. The molecule has 0 heterocycles. The van der Waals surface area contributed by atoms with E-state index >= 15 is 0 Å². The minimum Gasteiger partial charge on any atom is -0.387 e. The van der Waals surface area contributed by atoms with Crippen molar-refractivity contribution < 1.29 is 5.11 Å². The lowest BCUT2D eigenvalue weighted by Gasteiger charge is -2.32. The summed E-state index contributed by atoms with van der Waals surface area (Å²) in [5, 5.41) is 10.9. The van der Waals surface area contributed by atoms with Gasteiger partial charge in [-0.25, -0.2) is 0 Å². The lowest BCUT2D eigenvalue weighted by molar-refractivity contribution is 0.0996. The number of rotatable bonds is 3. The van der Waals surface area contributed by atoms with Crippen molar-refractivity contribution in [3.05, 3.63) is 70.3 Å². The number of aliphatic hydroxyl groups is 1. The van der Waals surface area contributed by atoms with Gasteiger partial charge in [0.15, 0.2) is 0 Å². The van der Waals surface area contributed by atoms with Crippen molar-refractivity contribution in [2.45, 2.75) is 46.1 Å². The first kappa shape index (κ1) is 14.8. The first-order chi connectivity index (χ1) is 9.34. The monoisotopic (exact) mass is 268 g/mol. The van der Waals surface area contributed by atoms with Gasteiger partial charge in [0.25, 0.3) is 0 Å². The summed E-state index contributed by atoms with van der Waals surface area (Å²) in [6, 6.07) is 14.5. The molecule has 1 atom stereocenters. The van der Waals surface area contributed by atoms with Crippen LogP contribution in [0.4, 0.5) is 0 Å². The van der Waals surface area contributed by atoms with Crippen LogP contribution in [-0.2, 0) is 5.41 Å². The van der Waals surface area contributed by atoms with E-state index in [9.17, 15) is 5.11 Å². The third kappa shape index (κ3) is 2.64. The van der Waals surface area contributed by atoms with Gasteiger partial charge < -0.3 is 5.11 Å². The van der Waals surface area contributed by atoms with E-state index in [0.29, 0.717) is 0 Å². The van der Waals surface area contributed by atoms with E-state index in [-0.39, 0.29) is 5.41 Å². The lowest BCUT2D eigenvalue weighted by Crippen LogP contribution is -2.27. The van der Waals surface area contributed by atoms with Crippen molar-refractivity contribution in [3.63, 3.8) is 0 Å². The molecule has 0 aromatic heterocycles. The van der Waals surface area contributed by atoms with Crippen molar-refractivity contribution in [2.75, 3.05) is 0 Å². The number of aliphatic hydroxyl groups excluding tert-OH is 1. The first-order valence-corrected chi connectivity index (χ1v) is 7.15. The molecule has 0 aliphatic rings. The van der Waals surface area contributed by atoms with Crippen LogP contribution in [0.2, 0.25) is 0 Å². The van der Waals surface area contributed by atoms with E-state index in [0.717, 1.165) is 16.7 Å². The van der Waals surface area contributed by atoms with E-state index in [1.807, 2.05) is 18.2 Å². The summed E-state index contributed by atoms with van der Waals surface area (Å²) in [5.74, 6) is 0. The fraction of sp³-hybridized carbons (Fsp3) is 0.368. The molecule has 1 N–H and O–H groups in total. The molecule has 0 saturated carbocycles. The molecule has 20 heavy (non-hydrogen) atoms. The Morgan fingerprint density at radius 2 is 1.40 bits per heavy atom. The molecule has 0 spiro atoms. The Morgan fingerprint density at radius 1 is 0.850 bits per heavy atom. The predicted octanol–water partition coefficient (Wildman–Crippen LogP) is 4.62. The zero-order chi connectivity index (χ0) is 14.9. The molecule has 2 aromatic carbocycles. The number of benzene rings is 2. The molecular weight excluding hydrogens is 244 g/mol. The van der Waals surface area contributed by atoms with Gasteiger partial charge in [-0.1, -0.05) is 56.3 Å². The van der Waals surface area contributed by atoms with Crippen molar-refractivity contribution in [1.82, 2.24) is 0 Å². The van der Waals surface area contributed by atoms with E-state index < -0.39 is 6.10 Å². The summed E-state index contributed by atoms with van der Waals surface area (Å²) in [5.41, 5.74) is 5.54. The highest BCUT2D eigenvalue weighted by Gasteiger charge is 2.31. The molecule has 0 fully saturated rings. The first-order valence-electron chi connectivity index (χ1n) is 7.15. The Labute approximate surface area is 122 Å². The van der Waals surface area contributed by atoms with Crippen LogP contribution >= 0.6 is 0 Å². The maximum Gasteiger partial charge on any atom is 0.0883 e. The van der Waals surface area contributed by atoms with E-state index in [1.54, 1.807) is 0 Å². The molecule has 1 unspecified atom stereocenters. The number of hydrogen-bond acceptors (Lipinski definition) is 1. The Balaban J connectivity index is 2.45. The third-order valence-electron chi connectivity index (χ3n) is 4.38. The van der Waals surface area contributed by atoms with Crippen LogP contribution < -0.4 is 0 Å². The molecule has 2 rings (SSSR count). The van der Waals surface area contributed by atoms with Crippen LogP contribution in [0.1, 0.15) is 47.8 Å². The minimum absolute atomic E-state index is 0.312. The predicted molar refractivity (Wildman–Crippen MR) is 85.1 cm³/mol. The second-order valence-electron chi connectivity index (χ2n) is 6.28. The molecule has 0 aliphatic heterocycles. The lowest BCUT2D eigenvalue weighted by atomic mass is 9.75. The third-order valence-corrected chi connectivity index (χ3v) is 4.38. The molecule has 1 nitrogen and oxygen atoms in total. The molecule has 1 heteroatoms. The molecule has 0 aliphatic carbocycles. The van der Waals surface area contributed by atoms with Crippen LogP contribution in [0.15, 0.2) is 42.5 Å². The fourth-order valence-electron chi connectivity index (χ4n) is 2.69. The molecule has 0 radical (unpaired) electrons. The van der Waals surface area contributed by atoms with Gasteiger partial charge in [0.05, 0.1) is 6.10 Å². The standard InChI is InChI=1S/C19H24O/c1-13-11-15(3)17(12-14(13)2)18(20)19(4,5)16-9-7-6-8-10-16/h6-12,18,20H,1-5H3. The summed E-state index contributed by atoms with van der Waals surface area (Å²) in [6.07, 6.45) is -0.510. The summed E-state index contributed by atoms with van der Waals surface area (Å²) in [6.45, 7) is 10.5. The summed E-state index contributed by atoms with van der Waals surface area (Å²) >= 11 is 0. The van der Waals surface area contributed by atoms with Crippen molar-refractivity contribution in [1.29, 1.82) is 0 Å². The Kier molecular flexibility index (Phi) is 4.01. The van der Waals surface area contributed by atoms with Crippen LogP contribution in [0.25, 0.3) is 0 Å². The Hall–Kier alpha value is -1.60. The van der Waals surface area contributed by atoms with Gasteiger partial charge >= 0.3 is 0 Å². The SMILES string of the molecule is Cc1cc(C)c(C(O)C(C)(C)c2ccccc2)cc1C. The second kappa shape index (κ2) is 5.41. The van der Waals surface area contributed by atoms with Gasteiger partial charge in [0, 0.05) is 5.41 Å². The summed E-state index contributed by atoms with van der Waals surface area (Å²) < 4.78 is 0. The van der Waals surface area contributed by atoms with Crippen LogP contribution in [-0.4, -0.2) is 5.11 Å². The van der Waals surface area contributed by atoms with Gasteiger partial charge in [-0.15, -0.1) is 0 Å². The van der Waals surface area contributed by atoms with Gasteiger partial charge in [0.1, 0.15) is 0 Å². The molecular formula is C19H24O. The topological polar surface area (TPSA) is 20.2 Å². The normalized spacial score (nSPS) is 13.3. The van der Waals surface area contributed by atoms with E-state index in [2.05, 4.69) is 58.9 Å². The Morgan fingerprint density at radius 3 is 2.00 bits per heavy atom. The largest absolute Gasteiger partial charge is 0.387 e. The van der Waals surface area contributed by atoms with Crippen LogP contribution in [0.3, 0.4) is 0 Å². The van der Waals surface area contributed by atoms with Gasteiger partial charge in [-0.3, -0.25) is 0 Å². The maximum atomic E-state index is 10.9. The highest BCUT2D eigenvalue weighted by Crippen LogP contribution is 2.38. The molecule has 106 valence electrons. The second-order valence-corrected chi connectivity index (χ2v) is 6.28. The minimum atomic E-state index is -0.510. The molecule has 0 saturated heterocycles.